The van der Waals surface area contributed by atoms with Crippen molar-refractivity contribution >= 4 is 21.7 Å². The molecule has 2 N–H and O–H groups in total. The maximum Gasteiger partial charge on any atom is 0.246 e. The Morgan fingerprint density at radius 3 is 2.39 bits per heavy atom. The molecule has 10 heteroatoms. The van der Waals surface area contributed by atoms with E-state index >= 15 is 0 Å². The van der Waals surface area contributed by atoms with Gasteiger partial charge in [0.2, 0.25) is 15.9 Å². The van der Waals surface area contributed by atoms with Gasteiger partial charge in [-0.2, -0.15) is 4.31 Å². The molecule has 0 aromatic carbocycles. The first-order valence-electron chi connectivity index (χ1n) is 9.69. The number of amides is 1. The van der Waals surface area contributed by atoms with Crippen LogP contribution in [-0.4, -0.2) is 68.8 Å². The smallest absolute Gasteiger partial charge is 0.246 e. The van der Waals surface area contributed by atoms with Crippen LogP contribution in [0.2, 0.25) is 0 Å². The average molecular weight is 410 g/mol. The number of carbonyl (C=O) groups excluding carboxylic acids is 1. The third-order valence-electron chi connectivity index (χ3n) is 5.86. The van der Waals surface area contributed by atoms with Crippen LogP contribution in [0.5, 0.6) is 0 Å². The average Bonchev–Trinajstić information content (AvgIpc) is 3.16. The Morgan fingerprint density at radius 1 is 1.14 bits per heavy atom. The molecule has 0 bridgehead atoms. The highest BCUT2D eigenvalue weighted by Crippen LogP contribution is 2.35. The fourth-order valence-electron chi connectivity index (χ4n) is 4.19. The topological polar surface area (TPSA) is 115 Å². The summed E-state index contributed by atoms with van der Waals surface area (Å²) in [4.78, 5) is 17.9. The van der Waals surface area contributed by atoms with Gasteiger partial charge >= 0.3 is 0 Å². The lowest BCUT2D eigenvalue weighted by molar-refractivity contribution is -0.169. The minimum atomic E-state index is -3.70. The third kappa shape index (κ3) is 3.61. The molecule has 4 rings (SSSR count). The number of aromatic nitrogens is 1. The molecule has 3 aliphatic heterocycles. The van der Waals surface area contributed by atoms with Crippen molar-refractivity contribution in [3.63, 3.8) is 0 Å². The number of pyridine rings is 1. The molecular weight excluding hydrogens is 384 g/mol. The SMILES string of the molecule is NC(=O)C1CCN(S(=O)(=O)c2cccnc2N2CCC3(CC2)OCCO3)CC1. The van der Waals surface area contributed by atoms with Crippen LogP contribution in [0.15, 0.2) is 23.2 Å². The van der Waals surface area contributed by atoms with E-state index in [1.165, 1.54) is 4.31 Å². The number of hydrogen-bond acceptors (Lipinski definition) is 7. The molecule has 1 amide bonds. The van der Waals surface area contributed by atoms with Crippen molar-refractivity contribution in [3.8, 4) is 0 Å². The van der Waals surface area contributed by atoms with E-state index in [9.17, 15) is 13.2 Å². The minimum absolute atomic E-state index is 0.205. The predicted molar refractivity (Wildman–Crippen MR) is 101 cm³/mol. The molecule has 4 heterocycles. The largest absolute Gasteiger partial charge is 0.369 e. The quantitative estimate of drug-likeness (QED) is 0.760. The zero-order chi connectivity index (χ0) is 19.8. The van der Waals surface area contributed by atoms with Crippen molar-refractivity contribution in [1.29, 1.82) is 0 Å². The van der Waals surface area contributed by atoms with Crippen LogP contribution in [0.4, 0.5) is 5.82 Å². The molecule has 1 spiro atoms. The number of primary amides is 1. The van der Waals surface area contributed by atoms with E-state index in [2.05, 4.69) is 4.98 Å². The van der Waals surface area contributed by atoms with E-state index < -0.39 is 15.8 Å². The summed E-state index contributed by atoms with van der Waals surface area (Å²) in [5.41, 5.74) is 5.36. The van der Waals surface area contributed by atoms with Crippen LogP contribution in [0.3, 0.4) is 0 Å². The highest BCUT2D eigenvalue weighted by Gasteiger charge is 2.41. The number of hydrogen-bond donors (Lipinski definition) is 1. The van der Waals surface area contributed by atoms with Crippen molar-refractivity contribution in [2.45, 2.75) is 36.4 Å². The van der Waals surface area contributed by atoms with E-state index in [1.807, 2.05) is 4.90 Å². The fourth-order valence-corrected chi connectivity index (χ4v) is 5.82. The summed E-state index contributed by atoms with van der Waals surface area (Å²) >= 11 is 0. The van der Waals surface area contributed by atoms with Crippen molar-refractivity contribution in [2.24, 2.45) is 11.7 Å². The van der Waals surface area contributed by atoms with Gasteiger partial charge < -0.3 is 20.1 Å². The van der Waals surface area contributed by atoms with Crippen LogP contribution in [0.1, 0.15) is 25.7 Å². The Balaban J connectivity index is 1.52. The summed E-state index contributed by atoms with van der Waals surface area (Å²) in [5.74, 6) is -0.685. The molecule has 0 radical (unpaired) electrons. The van der Waals surface area contributed by atoms with Crippen LogP contribution in [0, 0.1) is 5.92 Å². The van der Waals surface area contributed by atoms with Gasteiger partial charge in [0.05, 0.1) is 13.2 Å². The maximum absolute atomic E-state index is 13.3. The number of nitrogens with two attached hydrogens (primary N) is 1. The van der Waals surface area contributed by atoms with Crippen LogP contribution >= 0.6 is 0 Å². The molecule has 3 fully saturated rings. The molecule has 3 saturated heterocycles. The van der Waals surface area contributed by atoms with Gasteiger partial charge in [0.15, 0.2) is 5.79 Å². The van der Waals surface area contributed by atoms with E-state index in [-0.39, 0.29) is 29.8 Å². The summed E-state index contributed by atoms with van der Waals surface area (Å²) in [6.45, 7) is 3.01. The lowest BCUT2D eigenvalue weighted by Crippen LogP contribution is -2.46. The van der Waals surface area contributed by atoms with Gasteiger partial charge in [-0.15, -0.1) is 0 Å². The van der Waals surface area contributed by atoms with E-state index in [1.54, 1.807) is 18.3 Å². The van der Waals surface area contributed by atoms with Gasteiger partial charge in [0, 0.05) is 51.1 Å². The first kappa shape index (κ1) is 19.6. The number of ether oxygens (including phenoxy) is 2. The number of piperidine rings is 2. The lowest BCUT2D eigenvalue weighted by Gasteiger charge is -2.39. The standard InChI is InChI=1S/C18H26N4O5S/c19-16(23)14-3-8-22(9-4-14)28(24,25)15-2-1-7-20-17(15)21-10-5-18(6-11-21)26-12-13-27-18/h1-2,7,14H,3-6,8-13H2,(H2,19,23). The van der Waals surface area contributed by atoms with Crippen LogP contribution in [0.25, 0.3) is 0 Å². The van der Waals surface area contributed by atoms with Gasteiger partial charge in [-0.3, -0.25) is 4.79 Å². The van der Waals surface area contributed by atoms with E-state index in [4.69, 9.17) is 15.2 Å². The first-order chi connectivity index (χ1) is 13.4. The fraction of sp³-hybridized carbons (Fsp3) is 0.667. The van der Waals surface area contributed by atoms with Crippen molar-refractivity contribution < 1.29 is 22.7 Å². The summed E-state index contributed by atoms with van der Waals surface area (Å²) < 4.78 is 39.5. The molecule has 0 unspecified atom stereocenters. The zero-order valence-electron chi connectivity index (χ0n) is 15.7. The summed E-state index contributed by atoms with van der Waals surface area (Å²) in [6, 6.07) is 3.24. The third-order valence-corrected chi connectivity index (χ3v) is 7.78. The number of carbonyl (C=O) groups is 1. The second-order valence-electron chi connectivity index (χ2n) is 7.50. The Morgan fingerprint density at radius 2 is 1.79 bits per heavy atom. The molecule has 3 aliphatic rings. The minimum Gasteiger partial charge on any atom is -0.369 e. The monoisotopic (exact) mass is 410 g/mol. The molecule has 0 atom stereocenters. The second kappa shape index (κ2) is 7.58. The Kier molecular flexibility index (Phi) is 5.30. The Hall–Kier alpha value is -1.75. The molecule has 1 aromatic heterocycles. The van der Waals surface area contributed by atoms with E-state index in [0.29, 0.717) is 57.8 Å². The van der Waals surface area contributed by atoms with Crippen molar-refractivity contribution in [2.75, 3.05) is 44.3 Å². The van der Waals surface area contributed by atoms with Crippen molar-refractivity contribution in [1.82, 2.24) is 9.29 Å². The van der Waals surface area contributed by atoms with Gasteiger partial charge in [-0.1, -0.05) is 0 Å². The lowest BCUT2D eigenvalue weighted by atomic mass is 9.98. The van der Waals surface area contributed by atoms with Gasteiger partial charge in [-0.05, 0) is 25.0 Å². The maximum atomic E-state index is 13.3. The molecular formula is C18H26N4O5S. The molecule has 9 nitrogen and oxygen atoms in total. The van der Waals surface area contributed by atoms with E-state index in [0.717, 1.165) is 0 Å². The highest BCUT2D eigenvalue weighted by molar-refractivity contribution is 7.89. The molecule has 28 heavy (non-hydrogen) atoms. The summed E-state index contributed by atoms with van der Waals surface area (Å²) in [6.07, 6.45) is 3.86. The second-order valence-corrected chi connectivity index (χ2v) is 9.41. The molecule has 0 aliphatic carbocycles. The number of sulfonamides is 1. The molecule has 154 valence electrons. The molecule has 1 aromatic rings. The van der Waals surface area contributed by atoms with Gasteiger partial charge in [-0.25, -0.2) is 13.4 Å². The normalized spacial score (nSPS) is 23.9. The number of anilines is 1. The zero-order valence-corrected chi connectivity index (χ0v) is 16.6. The van der Waals surface area contributed by atoms with Gasteiger partial charge in [0.25, 0.3) is 0 Å². The summed E-state index contributed by atoms with van der Waals surface area (Å²) in [7, 11) is -3.70. The molecule has 0 saturated carbocycles. The van der Waals surface area contributed by atoms with Crippen LogP contribution < -0.4 is 10.6 Å². The Bertz CT molecular complexity index is 822. The van der Waals surface area contributed by atoms with Crippen LogP contribution in [-0.2, 0) is 24.3 Å². The van der Waals surface area contributed by atoms with Crippen molar-refractivity contribution in [3.05, 3.63) is 18.3 Å². The Labute approximate surface area is 164 Å². The number of nitrogens with zero attached hydrogens (tertiary/aromatic N) is 3. The highest BCUT2D eigenvalue weighted by atomic mass is 32.2. The predicted octanol–water partition coefficient (Wildman–Crippen LogP) is 0.311. The number of rotatable bonds is 4. The first-order valence-corrected chi connectivity index (χ1v) is 11.1. The van der Waals surface area contributed by atoms with Gasteiger partial charge in [0.1, 0.15) is 10.7 Å². The summed E-state index contributed by atoms with van der Waals surface area (Å²) in [5, 5.41) is 0.